The molecule has 2 aromatic rings. The molecule has 0 radical (unpaired) electrons. The Morgan fingerprint density at radius 3 is 3.00 bits per heavy atom. The second-order valence-electron chi connectivity index (χ2n) is 2.99. The average Bonchev–Trinajstić information content (AvgIpc) is 2.23. The van der Waals surface area contributed by atoms with E-state index in [9.17, 15) is 0 Å². The first-order valence-electron chi connectivity index (χ1n) is 4.59. The topological polar surface area (TPSA) is 48.1 Å². The Hall–Kier alpha value is -1.77. The lowest BCUT2D eigenvalue weighted by Gasteiger charge is -2.09. The smallest absolute Gasteiger partial charge is 0.151 e. The highest BCUT2D eigenvalue weighted by Gasteiger charge is 2.05. The van der Waals surface area contributed by atoms with Crippen LogP contribution in [0, 0.1) is 0 Å². The first-order valence-corrected chi connectivity index (χ1v) is 4.59. The molecule has 0 bridgehead atoms. The van der Waals surface area contributed by atoms with Crippen molar-refractivity contribution in [2.75, 3.05) is 12.3 Å². The van der Waals surface area contributed by atoms with Gasteiger partial charge in [-0.05, 0) is 31.2 Å². The quantitative estimate of drug-likeness (QED) is 0.735. The Bertz CT molecular complexity index is 454. The second kappa shape index (κ2) is 3.54. The van der Waals surface area contributed by atoms with Gasteiger partial charge < -0.3 is 10.5 Å². The van der Waals surface area contributed by atoms with Crippen LogP contribution in [0.5, 0.6) is 5.75 Å². The molecule has 1 aromatic carbocycles. The molecular weight excluding hydrogens is 176 g/mol. The lowest BCUT2D eigenvalue weighted by atomic mass is 10.2. The van der Waals surface area contributed by atoms with Gasteiger partial charge in [-0.2, -0.15) is 0 Å². The van der Waals surface area contributed by atoms with E-state index in [4.69, 9.17) is 10.5 Å². The molecule has 1 heterocycles. The van der Waals surface area contributed by atoms with Gasteiger partial charge in [0.15, 0.2) is 5.75 Å². The minimum absolute atomic E-state index is 0.609. The van der Waals surface area contributed by atoms with Crippen molar-refractivity contribution in [3.8, 4) is 5.75 Å². The van der Waals surface area contributed by atoms with Crippen molar-refractivity contribution in [1.82, 2.24) is 4.98 Å². The van der Waals surface area contributed by atoms with Crippen LogP contribution in [0.4, 0.5) is 5.69 Å². The van der Waals surface area contributed by atoms with Crippen molar-refractivity contribution in [2.45, 2.75) is 6.92 Å². The summed E-state index contributed by atoms with van der Waals surface area (Å²) in [5, 5.41) is 0.967. The number of nitrogen functional groups attached to an aromatic ring is 1. The van der Waals surface area contributed by atoms with E-state index in [-0.39, 0.29) is 0 Å². The Kier molecular flexibility index (Phi) is 2.23. The van der Waals surface area contributed by atoms with Gasteiger partial charge in [-0.1, -0.05) is 0 Å². The first kappa shape index (κ1) is 8.81. The molecule has 0 fully saturated rings. The van der Waals surface area contributed by atoms with Crippen molar-refractivity contribution in [1.29, 1.82) is 0 Å². The molecule has 0 amide bonds. The Morgan fingerprint density at radius 1 is 1.36 bits per heavy atom. The molecule has 2 rings (SSSR count). The van der Waals surface area contributed by atoms with Gasteiger partial charge in [-0.15, -0.1) is 0 Å². The summed E-state index contributed by atoms with van der Waals surface area (Å²) in [4.78, 5) is 4.23. The van der Waals surface area contributed by atoms with E-state index in [0.717, 1.165) is 16.7 Å². The largest absolute Gasteiger partial charge is 0.491 e. The minimum Gasteiger partial charge on any atom is -0.491 e. The van der Waals surface area contributed by atoms with Gasteiger partial charge in [0.25, 0.3) is 0 Å². The van der Waals surface area contributed by atoms with E-state index in [2.05, 4.69) is 4.98 Å². The molecule has 0 saturated heterocycles. The maximum absolute atomic E-state index is 5.82. The second-order valence-corrected chi connectivity index (χ2v) is 2.99. The van der Waals surface area contributed by atoms with E-state index in [0.29, 0.717) is 12.3 Å². The van der Waals surface area contributed by atoms with Crippen molar-refractivity contribution < 1.29 is 4.74 Å². The first-order chi connectivity index (χ1) is 6.83. The van der Waals surface area contributed by atoms with Gasteiger partial charge in [0.05, 0.1) is 17.8 Å². The molecule has 0 atom stereocenters. The van der Waals surface area contributed by atoms with Crippen LogP contribution in [-0.4, -0.2) is 11.6 Å². The van der Waals surface area contributed by atoms with E-state index < -0.39 is 0 Å². The molecule has 1 aromatic heterocycles. The number of anilines is 1. The van der Waals surface area contributed by atoms with Crippen LogP contribution in [0.25, 0.3) is 10.9 Å². The van der Waals surface area contributed by atoms with E-state index >= 15 is 0 Å². The van der Waals surface area contributed by atoms with Crippen LogP contribution in [0.15, 0.2) is 30.5 Å². The summed E-state index contributed by atoms with van der Waals surface area (Å²) in [5.74, 6) is 0.734. The van der Waals surface area contributed by atoms with Gasteiger partial charge in [0.1, 0.15) is 0 Å². The third-order valence-corrected chi connectivity index (χ3v) is 2.05. The fourth-order valence-electron chi connectivity index (χ4n) is 1.45. The summed E-state index contributed by atoms with van der Waals surface area (Å²) in [6.07, 6.45) is 1.76. The van der Waals surface area contributed by atoms with Crippen LogP contribution >= 0.6 is 0 Å². The zero-order valence-electron chi connectivity index (χ0n) is 8.03. The standard InChI is InChI=1S/C11H12N2O/c1-2-14-11-8-4-3-7-13-10(8)6-5-9(11)12/h3-7H,2,12H2,1H3. The molecule has 2 N–H and O–H groups in total. The molecule has 3 heteroatoms. The predicted octanol–water partition coefficient (Wildman–Crippen LogP) is 2.22. The average molecular weight is 188 g/mol. The Balaban J connectivity index is 2.69. The predicted molar refractivity (Wildman–Crippen MR) is 57.3 cm³/mol. The Morgan fingerprint density at radius 2 is 2.21 bits per heavy atom. The van der Waals surface area contributed by atoms with Gasteiger partial charge in [0.2, 0.25) is 0 Å². The van der Waals surface area contributed by atoms with Gasteiger partial charge in [-0.25, -0.2) is 0 Å². The van der Waals surface area contributed by atoms with Crippen molar-refractivity contribution >= 4 is 16.6 Å². The van der Waals surface area contributed by atoms with E-state index in [1.807, 2.05) is 31.2 Å². The highest BCUT2D eigenvalue weighted by molar-refractivity contribution is 5.90. The molecule has 0 aliphatic rings. The number of pyridine rings is 1. The van der Waals surface area contributed by atoms with Gasteiger partial charge >= 0.3 is 0 Å². The van der Waals surface area contributed by atoms with Crippen molar-refractivity contribution in [3.63, 3.8) is 0 Å². The minimum atomic E-state index is 0.609. The SMILES string of the molecule is CCOc1c(N)ccc2ncccc12. The molecule has 0 spiro atoms. The number of nitrogens with zero attached hydrogens (tertiary/aromatic N) is 1. The summed E-state index contributed by atoms with van der Waals surface area (Å²) < 4.78 is 5.48. The molecule has 0 saturated carbocycles. The Labute approximate surface area is 82.5 Å². The van der Waals surface area contributed by atoms with Crippen LogP contribution in [-0.2, 0) is 0 Å². The molecule has 72 valence electrons. The number of fused-ring (bicyclic) bond motifs is 1. The third kappa shape index (κ3) is 1.37. The van der Waals surface area contributed by atoms with Gasteiger partial charge in [-0.3, -0.25) is 4.98 Å². The molecule has 0 unspecified atom stereocenters. The van der Waals surface area contributed by atoms with Crippen LogP contribution in [0.2, 0.25) is 0 Å². The summed E-state index contributed by atoms with van der Waals surface area (Å²) in [5.41, 5.74) is 7.39. The fourth-order valence-corrected chi connectivity index (χ4v) is 1.45. The molecular formula is C11H12N2O. The number of ether oxygens (including phenoxy) is 1. The number of rotatable bonds is 2. The lowest BCUT2D eigenvalue weighted by Crippen LogP contribution is -1.97. The normalized spacial score (nSPS) is 10.4. The summed E-state index contributed by atoms with van der Waals surface area (Å²) in [6, 6.07) is 7.56. The maximum Gasteiger partial charge on any atom is 0.151 e. The number of benzene rings is 1. The summed E-state index contributed by atoms with van der Waals surface area (Å²) >= 11 is 0. The molecule has 0 aliphatic carbocycles. The maximum atomic E-state index is 5.82. The highest BCUT2D eigenvalue weighted by atomic mass is 16.5. The summed E-state index contributed by atoms with van der Waals surface area (Å²) in [6.45, 7) is 2.55. The van der Waals surface area contributed by atoms with E-state index in [1.54, 1.807) is 6.20 Å². The van der Waals surface area contributed by atoms with E-state index in [1.165, 1.54) is 0 Å². The zero-order valence-corrected chi connectivity index (χ0v) is 8.03. The van der Waals surface area contributed by atoms with Crippen LogP contribution in [0.3, 0.4) is 0 Å². The fraction of sp³-hybridized carbons (Fsp3) is 0.182. The number of aromatic nitrogens is 1. The van der Waals surface area contributed by atoms with Crippen LogP contribution in [0.1, 0.15) is 6.92 Å². The lowest BCUT2D eigenvalue weighted by molar-refractivity contribution is 0.346. The molecule has 0 aliphatic heterocycles. The third-order valence-electron chi connectivity index (χ3n) is 2.05. The van der Waals surface area contributed by atoms with Crippen molar-refractivity contribution in [2.24, 2.45) is 0 Å². The number of hydrogen-bond acceptors (Lipinski definition) is 3. The number of hydrogen-bond donors (Lipinski definition) is 1. The zero-order chi connectivity index (χ0) is 9.97. The highest BCUT2D eigenvalue weighted by Crippen LogP contribution is 2.30. The van der Waals surface area contributed by atoms with Gasteiger partial charge in [0, 0.05) is 11.6 Å². The van der Waals surface area contributed by atoms with Crippen LogP contribution < -0.4 is 10.5 Å². The number of nitrogens with two attached hydrogens (primary N) is 1. The molecule has 14 heavy (non-hydrogen) atoms. The summed E-state index contributed by atoms with van der Waals surface area (Å²) in [7, 11) is 0. The monoisotopic (exact) mass is 188 g/mol. The van der Waals surface area contributed by atoms with Crippen molar-refractivity contribution in [3.05, 3.63) is 30.5 Å². The molecule has 3 nitrogen and oxygen atoms in total.